The van der Waals surface area contributed by atoms with E-state index in [4.69, 9.17) is 22.1 Å². The summed E-state index contributed by atoms with van der Waals surface area (Å²) >= 11 is 6.18. The number of halogens is 1. The second-order valence-electron chi connectivity index (χ2n) is 4.69. The highest BCUT2D eigenvalue weighted by atomic mass is 35.5. The maximum absolute atomic E-state index is 6.29. The van der Waals surface area contributed by atoms with Crippen molar-refractivity contribution in [1.29, 1.82) is 0 Å². The molecule has 17 heavy (non-hydrogen) atoms. The van der Waals surface area contributed by atoms with E-state index in [2.05, 4.69) is 0 Å². The van der Waals surface area contributed by atoms with Crippen molar-refractivity contribution in [3.63, 3.8) is 0 Å². The Morgan fingerprint density at radius 1 is 1.41 bits per heavy atom. The lowest BCUT2D eigenvalue weighted by atomic mass is 9.92. The van der Waals surface area contributed by atoms with Gasteiger partial charge in [-0.15, -0.1) is 0 Å². The summed E-state index contributed by atoms with van der Waals surface area (Å²) in [5, 5.41) is 0.665. The molecule has 1 aliphatic carbocycles. The van der Waals surface area contributed by atoms with Gasteiger partial charge in [0.25, 0.3) is 0 Å². The van der Waals surface area contributed by atoms with E-state index in [0.717, 1.165) is 11.3 Å². The van der Waals surface area contributed by atoms with Crippen molar-refractivity contribution in [3.8, 4) is 5.75 Å². The first-order valence-corrected chi connectivity index (χ1v) is 6.78. The van der Waals surface area contributed by atoms with Crippen LogP contribution in [-0.4, -0.2) is 6.61 Å². The van der Waals surface area contributed by atoms with Crippen LogP contribution >= 0.6 is 11.6 Å². The van der Waals surface area contributed by atoms with Crippen LogP contribution < -0.4 is 10.5 Å². The SMILES string of the molecule is CCOc1ccc(C(N)C2CCCC2)cc1Cl. The molecule has 0 spiro atoms. The summed E-state index contributed by atoms with van der Waals surface area (Å²) in [7, 11) is 0. The Bertz CT molecular complexity index is 374. The number of ether oxygens (including phenoxy) is 1. The molecule has 1 aliphatic rings. The minimum absolute atomic E-state index is 0.116. The van der Waals surface area contributed by atoms with Crippen molar-refractivity contribution in [2.24, 2.45) is 11.7 Å². The molecule has 0 amide bonds. The zero-order valence-corrected chi connectivity index (χ0v) is 11.0. The second-order valence-corrected chi connectivity index (χ2v) is 5.10. The van der Waals surface area contributed by atoms with Crippen molar-refractivity contribution in [3.05, 3.63) is 28.8 Å². The number of hydrogen-bond acceptors (Lipinski definition) is 2. The Balaban J connectivity index is 2.12. The van der Waals surface area contributed by atoms with E-state index in [1.807, 2.05) is 25.1 Å². The summed E-state index contributed by atoms with van der Waals surface area (Å²) in [6.07, 6.45) is 5.10. The molecule has 0 heterocycles. The lowest BCUT2D eigenvalue weighted by Crippen LogP contribution is -2.19. The fourth-order valence-corrected chi connectivity index (χ4v) is 2.83. The highest BCUT2D eigenvalue weighted by Gasteiger charge is 2.23. The third-order valence-corrected chi connectivity index (χ3v) is 3.84. The quantitative estimate of drug-likeness (QED) is 0.883. The third kappa shape index (κ3) is 2.93. The Morgan fingerprint density at radius 2 is 2.12 bits per heavy atom. The first-order valence-electron chi connectivity index (χ1n) is 6.40. The molecule has 0 radical (unpaired) electrons. The van der Waals surface area contributed by atoms with Crippen molar-refractivity contribution in [2.75, 3.05) is 6.61 Å². The lowest BCUT2D eigenvalue weighted by Gasteiger charge is -2.20. The molecule has 0 aromatic heterocycles. The second kappa shape index (κ2) is 5.74. The van der Waals surface area contributed by atoms with E-state index in [9.17, 15) is 0 Å². The first-order chi connectivity index (χ1) is 8.22. The van der Waals surface area contributed by atoms with Crippen molar-refractivity contribution in [2.45, 2.75) is 38.6 Å². The molecular formula is C14H20ClNO. The minimum atomic E-state index is 0.116. The van der Waals surface area contributed by atoms with E-state index in [-0.39, 0.29) is 6.04 Å². The molecule has 1 saturated carbocycles. The van der Waals surface area contributed by atoms with Crippen molar-refractivity contribution < 1.29 is 4.74 Å². The van der Waals surface area contributed by atoms with E-state index in [0.29, 0.717) is 17.5 Å². The van der Waals surface area contributed by atoms with Gasteiger partial charge in [0.2, 0.25) is 0 Å². The molecule has 2 nitrogen and oxygen atoms in total. The molecule has 2 N–H and O–H groups in total. The fourth-order valence-electron chi connectivity index (χ4n) is 2.59. The molecular weight excluding hydrogens is 234 g/mol. The summed E-state index contributed by atoms with van der Waals surface area (Å²) in [4.78, 5) is 0. The van der Waals surface area contributed by atoms with Crippen LogP contribution in [0.3, 0.4) is 0 Å². The zero-order valence-electron chi connectivity index (χ0n) is 10.3. The first kappa shape index (κ1) is 12.7. The van der Waals surface area contributed by atoms with E-state index >= 15 is 0 Å². The topological polar surface area (TPSA) is 35.2 Å². The predicted molar refractivity (Wildman–Crippen MR) is 71.5 cm³/mol. The van der Waals surface area contributed by atoms with Gasteiger partial charge in [0.1, 0.15) is 5.75 Å². The third-order valence-electron chi connectivity index (χ3n) is 3.55. The van der Waals surface area contributed by atoms with E-state index in [1.54, 1.807) is 0 Å². The summed E-state index contributed by atoms with van der Waals surface area (Å²) in [5.41, 5.74) is 7.42. The Hall–Kier alpha value is -0.730. The van der Waals surface area contributed by atoms with Gasteiger partial charge in [0.15, 0.2) is 0 Å². The standard InChI is InChI=1S/C14H20ClNO/c1-2-17-13-8-7-11(9-12(13)15)14(16)10-5-3-4-6-10/h7-10,14H,2-6,16H2,1H3. The molecule has 1 aromatic rings. The molecule has 1 aromatic carbocycles. The van der Waals surface area contributed by atoms with Crippen LogP contribution in [0.4, 0.5) is 0 Å². The monoisotopic (exact) mass is 253 g/mol. The smallest absolute Gasteiger partial charge is 0.137 e. The van der Waals surface area contributed by atoms with Crippen LogP contribution in [0.5, 0.6) is 5.75 Å². The van der Waals surface area contributed by atoms with Gasteiger partial charge in [-0.05, 0) is 43.4 Å². The van der Waals surface area contributed by atoms with Crippen LogP contribution in [0.15, 0.2) is 18.2 Å². The number of hydrogen-bond donors (Lipinski definition) is 1. The molecule has 0 aliphatic heterocycles. The van der Waals surface area contributed by atoms with Crippen LogP contribution in [0.25, 0.3) is 0 Å². The number of rotatable bonds is 4. The molecule has 0 bridgehead atoms. The zero-order chi connectivity index (χ0) is 12.3. The Kier molecular flexibility index (Phi) is 4.30. The highest BCUT2D eigenvalue weighted by Crippen LogP contribution is 2.36. The van der Waals surface area contributed by atoms with Gasteiger partial charge in [-0.1, -0.05) is 30.5 Å². The van der Waals surface area contributed by atoms with Crippen molar-refractivity contribution in [1.82, 2.24) is 0 Å². The summed E-state index contributed by atoms with van der Waals surface area (Å²) in [5.74, 6) is 1.36. The van der Waals surface area contributed by atoms with Crippen LogP contribution in [0.2, 0.25) is 5.02 Å². The van der Waals surface area contributed by atoms with Crippen LogP contribution in [0.1, 0.15) is 44.2 Å². The summed E-state index contributed by atoms with van der Waals surface area (Å²) < 4.78 is 5.42. The van der Waals surface area contributed by atoms with Gasteiger partial charge in [0, 0.05) is 6.04 Å². The average molecular weight is 254 g/mol. The minimum Gasteiger partial charge on any atom is -0.492 e. The van der Waals surface area contributed by atoms with Gasteiger partial charge < -0.3 is 10.5 Å². The Labute approximate surface area is 108 Å². The number of benzene rings is 1. The Morgan fingerprint density at radius 3 is 2.71 bits per heavy atom. The van der Waals surface area contributed by atoms with Gasteiger partial charge in [-0.2, -0.15) is 0 Å². The fraction of sp³-hybridized carbons (Fsp3) is 0.571. The molecule has 1 atom stereocenters. The molecule has 0 saturated heterocycles. The summed E-state index contributed by atoms with van der Waals surface area (Å²) in [6, 6.07) is 6.04. The largest absolute Gasteiger partial charge is 0.492 e. The lowest BCUT2D eigenvalue weighted by molar-refractivity contribution is 0.340. The van der Waals surface area contributed by atoms with Crippen LogP contribution in [0, 0.1) is 5.92 Å². The van der Waals surface area contributed by atoms with E-state index < -0.39 is 0 Å². The van der Waals surface area contributed by atoms with E-state index in [1.165, 1.54) is 25.7 Å². The molecule has 2 rings (SSSR count). The predicted octanol–water partition coefficient (Wildman–Crippen LogP) is 3.93. The molecule has 1 fully saturated rings. The normalized spacial score (nSPS) is 18.3. The van der Waals surface area contributed by atoms with Gasteiger partial charge >= 0.3 is 0 Å². The van der Waals surface area contributed by atoms with Gasteiger partial charge in [0.05, 0.1) is 11.6 Å². The van der Waals surface area contributed by atoms with Gasteiger partial charge in [-0.25, -0.2) is 0 Å². The molecule has 3 heteroatoms. The summed E-state index contributed by atoms with van der Waals surface area (Å²) in [6.45, 7) is 2.59. The maximum Gasteiger partial charge on any atom is 0.137 e. The van der Waals surface area contributed by atoms with Gasteiger partial charge in [-0.3, -0.25) is 0 Å². The average Bonchev–Trinajstić information content (AvgIpc) is 2.84. The molecule has 1 unspecified atom stereocenters. The maximum atomic E-state index is 6.29. The highest BCUT2D eigenvalue weighted by molar-refractivity contribution is 6.32. The number of nitrogens with two attached hydrogens (primary N) is 1. The van der Waals surface area contributed by atoms with Crippen molar-refractivity contribution >= 4 is 11.6 Å². The van der Waals surface area contributed by atoms with Crippen LogP contribution in [-0.2, 0) is 0 Å². The molecule has 94 valence electrons.